The zero-order valence-electron chi connectivity index (χ0n) is 15.5. The largest absolute Gasteiger partial charge is 0.368 e. The lowest BCUT2D eigenvalue weighted by Gasteiger charge is -2.33. The molecule has 1 atom stereocenters. The number of hydrogen-bond acceptors (Lipinski definition) is 5. The van der Waals surface area contributed by atoms with Crippen molar-refractivity contribution in [3.63, 3.8) is 0 Å². The van der Waals surface area contributed by atoms with E-state index in [4.69, 9.17) is 4.74 Å². The van der Waals surface area contributed by atoms with E-state index < -0.39 is 0 Å². The van der Waals surface area contributed by atoms with Crippen molar-refractivity contribution < 1.29 is 9.53 Å². The molecule has 1 aliphatic rings. The van der Waals surface area contributed by atoms with E-state index >= 15 is 0 Å². The van der Waals surface area contributed by atoms with E-state index in [0.29, 0.717) is 25.6 Å². The molecule has 24 heavy (non-hydrogen) atoms. The number of anilines is 1. The predicted molar refractivity (Wildman–Crippen MR) is 94.8 cm³/mol. The average Bonchev–Trinajstić information content (AvgIpc) is 2.52. The molecule has 1 fully saturated rings. The van der Waals surface area contributed by atoms with Crippen molar-refractivity contribution in [3.05, 3.63) is 29.6 Å². The zero-order valence-corrected chi connectivity index (χ0v) is 15.5. The smallest absolute Gasteiger partial charge is 0.249 e. The molecule has 0 bridgehead atoms. The predicted octanol–water partition coefficient (Wildman–Crippen LogP) is 2.43. The molecule has 0 aliphatic carbocycles. The van der Waals surface area contributed by atoms with Gasteiger partial charge >= 0.3 is 0 Å². The van der Waals surface area contributed by atoms with Crippen LogP contribution in [0, 0.1) is 5.41 Å². The van der Waals surface area contributed by atoms with Gasteiger partial charge in [-0.3, -0.25) is 4.79 Å². The fourth-order valence-corrected chi connectivity index (χ4v) is 2.73. The van der Waals surface area contributed by atoms with Crippen LogP contribution in [0.3, 0.4) is 0 Å². The number of morpholine rings is 1. The molecule has 6 heteroatoms. The Morgan fingerprint density at radius 2 is 2.12 bits per heavy atom. The quantitative estimate of drug-likeness (QED) is 0.796. The summed E-state index contributed by atoms with van der Waals surface area (Å²) in [4.78, 5) is 25.1. The maximum Gasteiger partial charge on any atom is 0.249 e. The summed E-state index contributed by atoms with van der Waals surface area (Å²) in [6.07, 6.45) is 3.54. The van der Waals surface area contributed by atoms with Crippen LogP contribution in [0.4, 0.5) is 5.95 Å². The topological polar surface area (TPSA) is 58.6 Å². The van der Waals surface area contributed by atoms with Crippen LogP contribution >= 0.6 is 0 Å². The number of carbonyl (C=O) groups is 1. The molecule has 0 aromatic carbocycles. The Labute approximate surface area is 144 Å². The maximum atomic E-state index is 12.7. The summed E-state index contributed by atoms with van der Waals surface area (Å²) in [5.41, 5.74) is 1.57. The third-order valence-corrected chi connectivity index (χ3v) is 3.73. The summed E-state index contributed by atoms with van der Waals surface area (Å²) in [6, 6.07) is 1.85. The Balaban J connectivity index is 2.13. The number of allylic oxidation sites excluding steroid dienone is 1. The molecule has 1 aromatic rings. The average molecular weight is 332 g/mol. The number of amides is 1. The minimum atomic E-state index is -0.216. The Kier molecular flexibility index (Phi) is 5.59. The summed E-state index contributed by atoms with van der Waals surface area (Å²) in [5, 5.41) is 0. The second kappa shape index (κ2) is 7.30. The first kappa shape index (κ1) is 18.4. The van der Waals surface area contributed by atoms with E-state index in [2.05, 4.69) is 30.7 Å². The molecule has 2 heterocycles. The fourth-order valence-electron chi connectivity index (χ4n) is 2.73. The van der Waals surface area contributed by atoms with Crippen molar-refractivity contribution in [2.75, 3.05) is 38.7 Å². The lowest BCUT2D eigenvalue weighted by molar-refractivity contribution is -0.135. The van der Waals surface area contributed by atoms with E-state index in [9.17, 15) is 4.79 Å². The van der Waals surface area contributed by atoms with Gasteiger partial charge in [-0.2, -0.15) is 0 Å². The van der Waals surface area contributed by atoms with Gasteiger partial charge in [0.2, 0.25) is 11.9 Å². The Bertz CT molecular complexity index is 620. The summed E-state index contributed by atoms with van der Waals surface area (Å²) in [6.45, 7) is 9.79. The van der Waals surface area contributed by atoms with Gasteiger partial charge < -0.3 is 14.5 Å². The summed E-state index contributed by atoms with van der Waals surface area (Å²) >= 11 is 0. The van der Waals surface area contributed by atoms with Crippen molar-refractivity contribution in [1.82, 2.24) is 14.9 Å². The van der Waals surface area contributed by atoms with E-state index in [1.165, 1.54) is 0 Å². The molecule has 1 unspecified atom stereocenters. The van der Waals surface area contributed by atoms with Gasteiger partial charge in [0.05, 0.1) is 18.8 Å². The van der Waals surface area contributed by atoms with Crippen LogP contribution in [0.25, 0.3) is 0 Å². The lowest BCUT2D eigenvalue weighted by atomic mass is 9.93. The van der Waals surface area contributed by atoms with Gasteiger partial charge in [0.15, 0.2) is 0 Å². The molecule has 0 spiro atoms. The number of hydrogen-bond donors (Lipinski definition) is 0. The minimum Gasteiger partial charge on any atom is -0.368 e. The van der Waals surface area contributed by atoms with E-state index in [0.717, 1.165) is 11.3 Å². The third-order valence-electron chi connectivity index (χ3n) is 3.73. The molecule has 132 valence electrons. The number of aromatic nitrogens is 2. The molecule has 1 saturated heterocycles. The SMILES string of the molecule is C/C(=C\C(C)(C)C)C(=O)N1CCOC(c2ccnc(N(C)C)n2)C1. The van der Waals surface area contributed by atoms with Crippen LogP contribution in [-0.2, 0) is 9.53 Å². The van der Waals surface area contributed by atoms with Gasteiger partial charge in [-0.05, 0) is 18.4 Å². The second-order valence-corrected chi connectivity index (χ2v) is 7.48. The monoisotopic (exact) mass is 332 g/mol. The van der Waals surface area contributed by atoms with Gasteiger partial charge in [-0.15, -0.1) is 0 Å². The third kappa shape index (κ3) is 4.77. The first-order valence-corrected chi connectivity index (χ1v) is 8.28. The highest BCUT2D eigenvalue weighted by molar-refractivity contribution is 5.93. The molecule has 0 radical (unpaired) electrons. The highest BCUT2D eigenvalue weighted by atomic mass is 16.5. The van der Waals surface area contributed by atoms with Crippen LogP contribution in [0.2, 0.25) is 0 Å². The van der Waals surface area contributed by atoms with E-state index in [-0.39, 0.29) is 17.4 Å². The standard InChI is InChI=1S/C18H28N4O2/c1-13(11-18(2,3)4)16(23)22-9-10-24-15(12-22)14-7-8-19-17(20-14)21(5)6/h7-8,11,15H,9-10,12H2,1-6H3/b13-11+. The highest BCUT2D eigenvalue weighted by Crippen LogP contribution is 2.24. The molecule has 0 saturated carbocycles. The van der Waals surface area contributed by atoms with Crippen molar-refractivity contribution in [2.45, 2.75) is 33.8 Å². The number of nitrogens with zero attached hydrogens (tertiary/aromatic N) is 4. The normalized spacial score (nSPS) is 19.3. The number of carbonyl (C=O) groups excluding carboxylic acids is 1. The van der Waals surface area contributed by atoms with Crippen molar-refractivity contribution in [2.24, 2.45) is 5.41 Å². The number of ether oxygens (including phenoxy) is 1. The molecule has 1 aromatic heterocycles. The van der Waals surface area contributed by atoms with Crippen LogP contribution < -0.4 is 4.90 Å². The van der Waals surface area contributed by atoms with Gasteiger partial charge in [-0.25, -0.2) is 9.97 Å². The van der Waals surface area contributed by atoms with Crippen LogP contribution in [0.1, 0.15) is 39.5 Å². The summed E-state index contributed by atoms with van der Waals surface area (Å²) in [7, 11) is 3.80. The molecule has 6 nitrogen and oxygen atoms in total. The summed E-state index contributed by atoms with van der Waals surface area (Å²) in [5.74, 6) is 0.712. The highest BCUT2D eigenvalue weighted by Gasteiger charge is 2.27. The van der Waals surface area contributed by atoms with Crippen molar-refractivity contribution in [3.8, 4) is 0 Å². The van der Waals surface area contributed by atoms with Gasteiger partial charge in [-0.1, -0.05) is 26.8 Å². The first-order valence-electron chi connectivity index (χ1n) is 8.28. The summed E-state index contributed by atoms with van der Waals surface area (Å²) < 4.78 is 5.84. The van der Waals surface area contributed by atoms with Crippen molar-refractivity contribution >= 4 is 11.9 Å². The fraction of sp³-hybridized carbons (Fsp3) is 0.611. The molecule has 0 N–H and O–H groups in total. The lowest BCUT2D eigenvalue weighted by Crippen LogP contribution is -2.43. The van der Waals surface area contributed by atoms with Crippen LogP contribution in [0.15, 0.2) is 23.9 Å². The molecular formula is C18H28N4O2. The molecule has 1 amide bonds. The van der Waals surface area contributed by atoms with Gasteiger partial charge in [0, 0.05) is 32.4 Å². The maximum absolute atomic E-state index is 12.7. The Hall–Kier alpha value is -1.95. The second-order valence-electron chi connectivity index (χ2n) is 7.48. The molecule has 1 aliphatic heterocycles. The van der Waals surface area contributed by atoms with Crippen LogP contribution in [-0.4, -0.2) is 54.6 Å². The molecular weight excluding hydrogens is 304 g/mol. The number of rotatable bonds is 3. The Morgan fingerprint density at radius 3 is 2.75 bits per heavy atom. The Morgan fingerprint density at radius 1 is 1.42 bits per heavy atom. The van der Waals surface area contributed by atoms with Gasteiger partial charge in [0.25, 0.3) is 0 Å². The van der Waals surface area contributed by atoms with E-state index in [1.807, 2.05) is 43.0 Å². The van der Waals surface area contributed by atoms with Gasteiger partial charge in [0.1, 0.15) is 6.10 Å². The van der Waals surface area contributed by atoms with Crippen LogP contribution in [0.5, 0.6) is 0 Å². The molecule has 2 rings (SSSR count). The van der Waals surface area contributed by atoms with E-state index in [1.54, 1.807) is 6.20 Å². The minimum absolute atomic E-state index is 0.0152. The zero-order chi connectivity index (χ0) is 17.9. The first-order chi connectivity index (χ1) is 11.2. The van der Waals surface area contributed by atoms with Crippen molar-refractivity contribution in [1.29, 1.82) is 0 Å².